The summed E-state index contributed by atoms with van der Waals surface area (Å²) < 4.78 is 211. The summed E-state index contributed by atoms with van der Waals surface area (Å²) in [6, 6.07) is 27.8. The summed E-state index contributed by atoms with van der Waals surface area (Å²) in [6.07, 6.45) is 4.36. The molecular weight excluding hydrogens is 1310 g/mol. The summed E-state index contributed by atoms with van der Waals surface area (Å²) in [5.41, 5.74) is -1.04. The second kappa shape index (κ2) is 29.1. The minimum absolute atomic E-state index is 0. The molecule has 0 fully saturated rings. The van der Waals surface area contributed by atoms with E-state index in [2.05, 4.69) is 30.6 Å². The van der Waals surface area contributed by atoms with Gasteiger partial charge in [-0.05, 0) is 82.9 Å². The standard InChI is InChI=1S/C48H32N8O18S6.6Na/c57-75(58,59)41-21-31(17-13-27(41)9-11-29-15-19-33(23-43(29)77(63,64)65)55-51-39-25-45(79(69,70)71)35-5-1-3-7-37(35)47(39)53-55)49-50-32-18-14-28(42(22-32)76(60,61)62)10-12-30-16-20-34(24-44(30)78(66,67)68)56-52-40-26-46(80(72,73)74)36-6-2-4-8-38(36)48(40)54-56;;;;;;/h1-26H,(H,57,58,59)(H,60,61,62)(H,63,64,65)(H,66,67,68)(H,69,70,71)(H,72,73,74);;;;;;. The molecule has 0 aliphatic heterocycles. The fraction of sp³-hybridized carbons (Fsp3) is 0. The number of benzene rings is 8. The normalized spacial score (nSPS) is 12.4. The SMILES string of the molecule is O=S(=O)(O)c1cc(N=Nc2ccc(C=Cc3ccc(-n4nc5cc(S(=O)(=O)O)c6ccccc6c5n4)cc3S(=O)(=O)O)c(S(=O)(=O)O)c2)ccc1C=Cc1ccc(-n2nc3cc(S(=O)(=O)O)c4ccccc4c3n2)cc1S(=O)(=O)O.[Na].[Na].[Na].[Na].[Na].[Na]. The van der Waals surface area contributed by atoms with Gasteiger partial charge in [0.15, 0.2) is 0 Å². The van der Waals surface area contributed by atoms with Gasteiger partial charge in [0, 0.05) is 199 Å². The molecule has 2 heterocycles. The second-order valence-electron chi connectivity index (χ2n) is 17.2. The minimum atomic E-state index is -5.07. The van der Waals surface area contributed by atoms with E-state index in [1.165, 1.54) is 60.7 Å². The third kappa shape index (κ3) is 16.6. The maximum absolute atomic E-state index is 12.7. The van der Waals surface area contributed by atoms with Gasteiger partial charge in [0.2, 0.25) is 0 Å². The Hall–Kier alpha value is -2.38. The molecule has 0 amide bonds. The van der Waals surface area contributed by atoms with Crippen molar-refractivity contribution in [2.45, 2.75) is 29.4 Å². The molecule has 0 spiro atoms. The molecule has 6 radical (unpaired) electrons. The average molecular weight is 1340 g/mol. The van der Waals surface area contributed by atoms with E-state index in [-0.39, 0.29) is 266 Å². The zero-order valence-corrected chi connectivity index (χ0v) is 62.5. The average Bonchev–Trinajstić information content (AvgIpc) is 4.18. The monoisotopic (exact) mass is 1340 g/mol. The van der Waals surface area contributed by atoms with E-state index < -0.39 is 90.1 Å². The van der Waals surface area contributed by atoms with Crippen molar-refractivity contribution in [3.8, 4) is 11.4 Å². The third-order valence-electron chi connectivity index (χ3n) is 12.0. The van der Waals surface area contributed by atoms with Crippen molar-refractivity contribution in [2.24, 2.45) is 10.2 Å². The summed E-state index contributed by atoms with van der Waals surface area (Å²) in [5.74, 6) is 0. The predicted octanol–water partition coefficient (Wildman–Crippen LogP) is 5.41. The molecule has 8 aromatic carbocycles. The van der Waals surface area contributed by atoms with Crippen molar-refractivity contribution in [1.29, 1.82) is 0 Å². The molecule has 38 heteroatoms. The van der Waals surface area contributed by atoms with Gasteiger partial charge < -0.3 is 0 Å². The van der Waals surface area contributed by atoms with Crippen molar-refractivity contribution in [1.82, 2.24) is 30.0 Å². The van der Waals surface area contributed by atoms with Crippen molar-refractivity contribution in [2.75, 3.05) is 0 Å². The van der Waals surface area contributed by atoms with Crippen LogP contribution in [-0.4, -0.2) is 285 Å². The van der Waals surface area contributed by atoms with Crippen LogP contribution in [0, 0.1) is 0 Å². The van der Waals surface area contributed by atoms with E-state index in [4.69, 9.17) is 0 Å². The molecule has 0 aliphatic rings. The van der Waals surface area contributed by atoms with Gasteiger partial charge in [0.05, 0.1) is 22.7 Å². The number of aromatic nitrogens is 6. The van der Waals surface area contributed by atoms with E-state index >= 15 is 0 Å². The zero-order chi connectivity index (χ0) is 57.5. The molecule has 0 bridgehead atoms. The number of fused-ring (bicyclic) bond motifs is 6. The molecule has 0 saturated heterocycles. The molecular formula is C48H32N8Na6O18S6. The van der Waals surface area contributed by atoms with Crippen LogP contribution in [0.5, 0.6) is 0 Å². The largest absolute Gasteiger partial charge is 0.295 e. The van der Waals surface area contributed by atoms with Gasteiger partial charge in [0.25, 0.3) is 60.7 Å². The van der Waals surface area contributed by atoms with Crippen LogP contribution in [-0.2, 0) is 60.7 Å². The molecule has 0 saturated carbocycles. The van der Waals surface area contributed by atoms with Crippen LogP contribution in [0.1, 0.15) is 22.3 Å². The Bertz CT molecular complexity index is 4850. The number of rotatable bonds is 14. The molecule has 0 aliphatic carbocycles. The molecule has 86 heavy (non-hydrogen) atoms. The van der Waals surface area contributed by atoms with Crippen LogP contribution in [0.3, 0.4) is 0 Å². The van der Waals surface area contributed by atoms with Crippen molar-refractivity contribution < 1.29 is 77.8 Å². The first-order valence-corrected chi connectivity index (χ1v) is 30.8. The molecule has 6 N–H and O–H groups in total. The smallest absolute Gasteiger partial charge is 0.282 e. The first-order valence-electron chi connectivity index (χ1n) is 22.2. The van der Waals surface area contributed by atoms with Crippen LogP contribution in [0.2, 0.25) is 0 Å². The third-order valence-corrected chi connectivity index (χ3v) is 17.4. The van der Waals surface area contributed by atoms with Gasteiger partial charge in [-0.2, -0.15) is 70.3 Å². The zero-order valence-electron chi connectivity index (χ0n) is 45.6. The molecule has 0 atom stereocenters. The van der Waals surface area contributed by atoms with Gasteiger partial charge in [-0.25, -0.2) is 0 Å². The van der Waals surface area contributed by atoms with Gasteiger partial charge in [0.1, 0.15) is 51.4 Å². The topological polar surface area (TPSA) is 412 Å². The van der Waals surface area contributed by atoms with E-state index in [0.717, 1.165) is 82.4 Å². The Morgan fingerprint density at radius 2 is 0.581 bits per heavy atom. The van der Waals surface area contributed by atoms with Crippen LogP contribution in [0.25, 0.3) is 79.3 Å². The fourth-order valence-corrected chi connectivity index (χ4v) is 12.7. The van der Waals surface area contributed by atoms with E-state index in [9.17, 15) is 77.8 Å². The number of azo groups is 1. The van der Waals surface area contributed by atoms with Gasteiger partial charge in [-0.3, -0.25) is 27.3 Å². The van der Waals surface area contributed by atoms with Crippen molar-refractivity contribution in [3.63, 3.8) is 0 Å². The Labute approximate surface area is 622 Å². The summed E-state index contributed by atoms with van der Waals surface area (Å²) in [5, 5.41) is 25.9. The molecule has 10 aromatic rings. The first kappa shape index (κ1) is 76.1. The van der Waals surface area contributed by atoms with Crippen LogP contribution < -0.4 is 0 Å². The van der Waals surface area contributed by atoms with Crippen LogP contribution in [0.4, 0.5) is 11.4 Å². The summed E-state index contributed by atoms with van der Waals surface area (Å²) >= 11 is 0. The molecule has 0 unspecified atom stereocenters. The summed E-state index contributed by atoms with van der Waals surface area (Å²) in [4.78, 5) is -1.96. The molecule has 10 rings (SSSR count). The van der Waals surface area contributed by atoms with E-state index in [1.54, 1.807) is 24.3 Å². The number of hydrogen-bond donors (Lipinski definition) is 6. The molecule has 414 valence electrons. The number of hydrogen-bond acceptors (Lipinski definition) is 18. The maximum Gasteiger partial charge on any atom is 0.295 e. The van der Waals surface area contributed by atoms with E-state index in [1.807, 2.05) is 0 Å². The summed E-state index contributed by atoms with van der Waals surface area (Å²) in [6.45, 7) is 0. The number of nitrogens with zero attached hydrogens (tertiary/aromatic N) is 8. The Balaban J connectivity index is 0.00000264. The van der Waals surface area contributed by atoms with Gasteiger partial charge in [-0.1, -0.05) is 97.1 Å². The maximum atomic E-state index is 12.7. The van der Waals surface area contributed by atoms with Crippen LogP contribution >= 0.6 is 0 Å². The van der Waals surface area contributed by atoms with Gasteiger partial charge >= 0.3 is 0 Å². The molecule has 26 nitrogen and oxygen atoms in total. The first-order chi connectivity index (χ1) is 37.4. The van der Waals surface area contributed by atoms with Crippen molar-refractivity contribution in [3.05, 3.63) is 156 Å². The Morgan fingerprint density at radius 3 is 0.872 bits per heavy atom. The van der Waals surface area contributed by atoms with Crippen molar-refractivity contribution >= 4 is 317 Å². The minimum Gasteiger partial charge on any atom is -0.282 e. The van der Waals surface area contributed by atoms with Gasteiger partial charge in [-0.15, -0.1) is 20.4 Å². The summed E-state index contributed by atoms with van der Waals surface area (Å²) in [7, 11) is -29.7. The molecule has 2 aromatic heterocycles. The fourth-order valence-electron chi connectivity index (χ4n) is 8.47. The second-order valence-corrected chi connectivity index (χ2v) is 25.5. The Morgan fingerprint density at radius 1 is 0.314 bits per heavy atom. The van der Waals surface area contributed by atoms with Crippen LogP contribution in [0.15, 0.2) is 173 Å². The quantitative estimate of drug-likeness (QED) is 0.0343. The predicted molar refractivity (Wildman–Crippen MR) is 321 cm³/mol. The van der Waals surface area contributed by atoms with E-state index in [0.29, 0.717) is 0 Å². The Kier molecular flexibility index (Phi) is 25.7.